The Hall–Kier alpha value is -2.10. The van der Waals surface area contributed by atoms with Crippen molar-refractivity contribution in [3.05, 3.63) is 47.8 Å². The van der Waals surface area contributed by atoms with Crippen molar-refractivity contribution in [2.24, 2.45) is 0 Å². The van der Waals surface area contributed by atoms with Crippen LogP contribution in [0.15, 0.2) is 36.7 Å². The van der Waals surface area contributed by atoms with E-state index >= 15 is 0 Å². The van der Waals surface area contributed by atoms with Crippen molar-refractivity contribution >= 4 is 11.6 Å². The van der Waals surface area contributed by atoms with Gasteiger partial charge < -0.3 is 10.2 Å². The number of aromatic nitrogens is 2. The summed E-state index contributed by atoms with van der Waals surface area (Å²) in [6.07, 6.45) is 5.57. The lowest BCUT2D eigenvalue weighted by Crippen LogP contribution is -2.23. The van der Waals surface area contributed by atoms with Crippen molar-refractivity contribution in [3.8, 4) is 0 Å². The molecule has 0 radical (unpaired) electrons. The summed E-state index contributed by atoms with van der Waals surface area (Å²) in [4.78, 5) is 10.8. The van der Waals surface area contributed by atoms with Crippen LogP contribution in [0.3, 0.4) is 0 Å². The molecule has 0 amide bonds. The van der Waals surface area contributed by atoms with E-state index in [-0.39, 0.29) is 0 Å². The number of rotatable bonds is 3. The molecule has 4 heteroatoms. The van der Waals surface area contributed by atoms with E-state index in [9.17, 15) is 0 Å². The molecule has 1 aliphatic rings. The van der Waals surface area contributed by atoms with E-state index in [0.29, 0.717) is 6.04 Å². The Labute approximate surface area is 113 Å². The van der Waals surface area contributed by atoms with Gasteiger partial charge >= 0.3 is 0 Å². The quantitative estimate of drug-likeness (QED) is 0.911. The minimum absolute atomic E-state index is 0.410. The molecule has 2 aromatic rings. The van der Waals surface area contributed by atoms with Gasteiger partial charge in [0.25, 0.3) is 0 Å². The van der Waals surface area contributed by atoms with Gasteiger partial charge in [-0.2, -0.15) is 0 Å². The summed E-state index contributed by atoms with van der Waals surface area (Å²) >= 11 is 0. The van der Waals surface area contributed by atoms with E-state index in [4.69, 9.17) is 0 Å². The highest BCUT2D eigenvalue weighted by Crippen LogP contribution is 2.26. The first-order chi connectivity index (χ1) is 9.24. The molecule has 0 fully saturated rings. The van der Waals surface area contributed by atoms with Crippen LogP contribution in [-0.2, 0) is 12.8 Å². The summed E-state index contributed by atoms with van der Waals surface area (Å²) in [6, 6.07) is 9.04. The molecule has 1 aliphatic carbocycles. The van der Waals surface area contributed by atoms with Gasteiger partial charge in [-0.1, -0.05) is 24.3 Å². The van der Waals surface area contributed by atoms with Crippen molar-refractivity contribution in [1.82, 2.24) is 9.97 Å². The zero-order valence-electron chi connectivity index (χ0n) is 11.3. The largest absolute Gasteiger partial charge is 0.364 e. The number of hydrogen-bond donors (Lipinski definition) is 1. The van der Waals surface area contributed by atoms with E-state index in [1.54, 1.807) is 12.4 Å². The molecule has 1 aromatic heterocycles. The highest BCUT2D eigenvalue weighted by molar-refractivity contribution is 5.60. The standard InChI is InChI=1S/C15H18N4/c1-19(2)15-14(16-7-8-17-15)18-13-9-11-5-3-4-6-12(11)10-13/h3-8,13H,9-10H2,1-2H3,(H,16,18). The predicted octanol–water partition coefficient (Wildman–Crippen LogP) is 2.12. The molecule has 0 atom stereocenters. The van der Waals surface area contributed by atoms with Gasteiger partial charge in [0.2, 0.25) is 0 Å². The van der Waals surface area contributed by atoms with Gasteiger partial charge in [-0.15, -0.1) is 0 Å². The molecule has 3 rings (SSSR count). The van der Waals surface area contributed by atoms with Crippen molar-refractivity contribution in [2.45, 2.75) is 18.9 Å². The van der Waals surface area contributed by atoms with Crippen molar-refractivity contribution in [3.63, 3.8) is 0 Å². The molecule has 0 spiro atoms. The normalized spacial score (nSPS) is 14.2. The average molecular weight is 254 g/mol. The molecule has 1 N–H and O–H groups in total. The fourth-order valence-corrected chi connectivity index (χ4v) is 2.61. The maximum Gasteiger partial charge on any atom is 0.171 e. The Balaban J connectivity index is 1.78. The lowest BCUT2D eigenvalue weighted by Gasteiger charge is -2.18. The molecule has 0 saturated heterocycles. The third-order valence-electron chi connectivity index (χ3n) is 3.49. The van der Waals surface area contributed by atoms with Gasteiger partial charge in [-0.3, -0.25) is 0 Å². The smallest absolute Gasteiger partial charge is 0.171 e. The van der Waals surface area contributed by atoms with Crippen LogP contribution < -0.4 is 10.2 Å². The van der Waals surface area contributed by atoms with Crippen molar-refractivity contribution in [1.29, 1.82) is 0 Å². The summed E-state index contributed by atoms with van der Waals surface area (Å²) in [5.74, 6) is 1.75. The summed E-state index contributed by atoms with van der Waals surface area (Å²) in [5, 5.41) is 3.52. The second kappa shape index (κ2) is 4.88. The van der Waals surface area contributed by atoms with E-state index in [0.717, 1.165) is 24.5 Å². The van der Waals surface area contributed by atoms with Crippen LogP contribution in [0.1, 0.15) is 11.1 Å². The lowest BCUT2D eigenvalue weighted by molar-refractivity contribution is 0.766. The topological polar surface area (TPSA) is 41.1 Å². The Kier molecular flexibility index (Phi) is 3.07. The minimum Gasteiger partial charge on any atom is -0.364 e. The molecule has 0 aliphatic heterocycles. The predicted molar refractivity (Wildman–Crippen MR) is 77.6 cm³/mol. The van der Waals surface area contributed by atoms with E-state index in [1.165, 1.54) is 11.1 Å². The lowest BCUT2D eigenvalue weighted by atomic mass is 10.1. The number of benzene rings is 1. The summed E-state index contributed by atoms with van der Waals surface area (Å²) in [6.45, 7) is 0. The van der Waals surface area contributed by atoms with E-state index < -0.39 is 0 Å². The van der Waals surface area contributed by atoms with Crippen LogP contribution in [-0.4, -0.2) is 30.1 Å². The first kappa shape index (κ1) is 12.0. The third kappa shape index (κ3) is 2.38. The molecule has 0 unspecified atom stereocenters. The zero-order valence-corrected chi connectivity index (χ0v) is 11.3. The van der Waals surface area contributed by atoms with Crippen LogP contribution in [0.2, 0.25) is 0 Å². The molecule has 1 heterocycles. The van der Waals surface area contributed by atoms with Crippen molar-refractivity contribution < 1.29 is 0 Å². The Bertz CT molecular complexity index is 555. The first-order valence-corrected chi connectivity index (χ1v) is 6.55. The fraction of sp³-hybridized carbons (Fsp3) is 0.333. The van der Waals surface area contributed by atoms with Gasteiger partial charge in [0, 0.05) is 32.5 Å². The number of nitrogens with zero attached hydrogens (tertiary/aromatic N) is 3. The monoisotopic (exact) mass is 254 g/mol. The van der Waals surface area contributed by atoms with Crippen molar-refractivity contribution in [2.75, 3.05) is 24.3 Å². The molecule has 4 nitrogen and oxygen atoms in total. The SMILES string of the molecule is CN(C)c1nccnc1NC1Cc2ccccc2C1. The molecule has 98 valence electrons. The average Bonchev–Trinajstić information content (AvgIpc) is 2.81. The molecule has 19 heavy (non-hydrogen) atoms. The summed E-state index contributed by atoms with van der Waals surface area (Å²) in [5.41, 5.74) is 2.88. The molecule has 0 saturated carbocycles. The number of anilines is 2. The zero-order chi connectivity index (χ0) is 13.2. The molecule has 1 aromatic carbocycles. The van der Waals surface area contributed by atoms with E-state index in [1.807, 2.05) is 19.0 Å². The molecule has 0 bridgehead atoms. The first-order valence-electron chi connectivity index (χ1n) is 6.55. The van der Waals surface area contributed by atoms with Crippen LogP contribution in [0.25, 0.3) is 0 Å². The Morgan fingerprint density at radius 1 is 1.05 bits per heavy atom. The number of hydrogen-bond acceptors (Lipinski definition) is 4. The molecular weight excluding hydrogens is 236 g/mol. The van der Waals surface area contributed by atoms with Gasteiger partial charge in [0.15, 0.2) is 11.6 Å². The maximum atomic E-state index is 4.41. The van der Waals surface area contributed by atoms with Gasteiger partial charge in [0.1, 0.15) is 0 Å². The molecular formula is C15H18N4. The maximum absolute atomic E-state index is 4.41. The van der Waals surface area contributed by atoms with Gasteiger partial charge in [-0.25, -0.2) is 9.97 Å². The third-order valence-corrected chi connectivity index (χ3v) is 3.49. The van der Waals surface area contributed by atoms with Crippen LogP contribution in [0.5, 0.6) is 0 Å². The summed E-state index contributed by atoms with van der Waals surface area (Å²) in [7, 11) is 3.97. The Morgan fingerprint density at radius 2 is 1.68 bits per heavy atom. The van der Waals surface area contributed by atoms with Crippen LogP contribution in [0, 0.1) is 0 Å². The summed E-state index contributed by atoms with van der Waals surface area (Å²) < 4.78 is 0. The Morgan fingerprint density at radius 3 is 2.32 bits per heavy atom. The highest BCUT2D eigenvalue weighted by Gasteiger charge is 2.22. The van der Waals surface area contributed by atoms with Crippen LogP contribution >= 0.6 is 0 Å². The fourth-order valence-electron chi connectivity index (χ4n) is 2.61. The van der Waals surface area contributed by atoms with Crippen LogP contribution in [0.4, 0.5) is 11.6 Å². The number of nitrogens with one attached hydrogen (secondary N) is 1. The van der Waals surface area contributed by atoms with Gasteiger partial charge in [-0.05, 0) is 24.0 Å². The van der Waals surface area contributed by atoms with E-state index in [2.05, 4.69) is 39.6 Å². The van der Waals surface area contributed by atoms with Gasteiger partial charge in [0.05, 0.1) is 0 Å². The number of fused-ring (bicyclic) bond motifs is 1. The minimum atomic E-state index is 0.410. The highest BCUT2D eigenvalue weighted by atomic mass is 15.2. The second-order valence-electron chi connectivity index (χ2n) is 5.14. The second-order valence-corrected chi connectivity index (χ2v) is 5.14.